The van der Waals surface area contributed by atoms with E-state index in [1.165, 1.54) is 9.80 Å². The number of carbonyl (C=O) groups is 4. The van der Waals surface area contributed by atoms with Crippen molar-refractivity contribution < 1.29 is 19.2 Å². The zero-order valence-corrected chi connectivity index (χ0v) is 18.9. The van der Waals surface area contributed by atoms with Gasteiger partial charge in [-0.1, -0.05) is 42.1 Å². The molecular weight excluding hydrogens is 443 g/mol. The van der Waals surface area contributed by atoms with E-state index in [1.807, 2.05) is 0 Å². The molecule has 1 heterocycles. The zero-order chi connectivity index (χ0) is 22.6. The average Bonchev–Trinajstić information content (AvgIpc) is 3.29. The summed E-state index contributed by atoms with van der Waals surface area (Å²) in [5.74, 6) is -0.834. The molecule has 0 bridgehead atoms. The number of imide groups is 1. The molecule has 3 rings (SSSR count). The minimum atomic E-state index is -0.741. The molecule has 1 aliphatic heterocycles. The van der Waals surface area contributed by atoms with Crippen LogP contribution in [-0.2, 0) is 14.4 Å². The normalized spacial score (nSPS) is 17.2. The van der Waals surface area contributed by atoms with Crippen molar-refractivity contribution in [2.75, 3.05) is 25.0 Å². The van der Waals surface area contributed by atoms with Gasteiger partial charge in [-0.15, -0.1) is 0 Å². The summed E-state index contributed by atoms with van der Waals surface area (Å²) in [5, 5.41) is 6.08. The van der Waals surface area contributed by atoms with E-state index in [4.69, 9.17) is 23.2 Å². The van der Waals surface area contributed by atoms with Gasteiger partial charge in [0.15, 0.2) is 0 Å². The lowest BCUT2D eigenvalue weighted by Crippen LogP contribution is -2.44. The standard InChI is InChI=1S/C21H26Cl2N4O4/c1-2-26(13-16(28)24-18-14(22)7-5-8-15(18)23)17(29)9-6-12-27-19(30)21(25-20(27)31)10-3-4-11-21/h5,7-8H,2-4,6,9-13H2,1H3,(H,24,28)(H,25,31). The van der Waals surface area contributed by atoms with Crippen molar-refractivity contribution in [3.05, 3.63) is 28.2 Å². The Hall–Kier alpha value is -2.32. The molecule has 0 radical (unpaired) electrons. The van der Waals surface area contributed by atoms with Gasteiger partial charge in [-0.25, -0.2) is 4.79 Å². The van der Waals surface area contributed by atoms with Gasteiger partial charge < -0.3 is 15.5 Å². The summed E-state index contributed by atoms with van der Waals surface area (Å²) in [4.78, 5) is 52.4. The summed E-state index contributed by atoms with van der Waals surface area (Å²) in [7, 11) is 0. The first-order valence-corrected chi connectivity index (χ1v) is 11.2. The number of likely N-dealkylation sites (N-methyl/N-ethyl adjacent to an activating group) is 1. The quantitative estimate of drug-likeness (QED) is 0.570. The first kappa shape index (κ1) is 23.3. The third-order valence-corrected chi connectivity index (χ3v) is 6.40. The van der Waals surface area contributed by atoms with Crippen LogP contribution < -0.4 is 10.6 Å². The Morgan fingerprint density at radius 3 is 2.45 bits per heavy atom. The Kier molecular flexibility index (Phi) is 7.43. The van der Waals surface area contributed by atoms with Crippen molar-refractivity contribution in [1.29, 1.82) is 0 Å². The average molecular weight is 469 g/mol. The number of hydrogen-bond acceptors (Lipinski definition) is 4. The summed E-state index contributed by atoms with van der Waals surface area (Å²) in [6.45, 7) is 2.14. The number of carbonyl (C=O) groups excluding carboxylic acids is 4. The summed E-state index contributed by atoms with van der Waals surface area (Å²) in [6, 6.07) is 4.50. The Bertz CT molecular complexity index is 866. The predicted octanol–water partition coefficient (Wildman–Crippen LogP) is 3.43. The van der Waals surface area contributed by atoms with Gasteiger partial charge in [0.25, 0.3) is 5.91 Å². The van der Waals surface area contributed by atoms with Crippen LogP contribution in [0.4, 0.5) is 10.5 Å². The minimum absolute atomic E-state index is 0.123. The maximum atomic E-state index is 12.7. The molecule has 1 saturated carbocycles. The second-order valence-corrected chi connectivity index (χ2v) is 8.65. The maximum Gasteiger partial charge on any atom is 0.325 e. The molecule has 31 heavy (non-hydrogen) atoms. The van der Waals surface area contributed by atoms with Gasteiger partial charge in [-0.2, -0.15) is 0 Å². The van der Waals surface area contributed by atoms with E-state index in [9.17, 15) is 19.2 Å². The lowest BCUT2D eigenvalue weighted by atomic mass is 9.98. The summed E-state index contributed by atoms with van der Waals surface area (Å²) in [5.41, 5.74) is -0.437. The molecule has 8 nitrogen and oxygen atoms in total. The fourth-order valence-electron chi connectivity index (χ4n) is 4.09. The highest BCUT2D eigenvalue weighted by atomic mass is 35.5. The van der Waals surface area contributed by atoms with Crippen LogP contribution in [0.15, 0.2) is 18.2 Å². The Morgan fingerprint density at radius 2 is 1.84 bits per heavy atom. The molecule has 10 heteroatoms. The van der Waals surface area contributed by atoms with Gasteiger partial charge in [0, 0.05) is 19.5 Å². The molecule has 1 aromatic carbocycles. The first-order valence-electron chi connectivity index (χ1n) is 10.4. The van der Waals surface area contributed by atoms with E-state index in [2.05, 4.69) is 10.6 Å². The number of halogens is 2. The fourth-order valence-corrected chi connectivity index (χ4v) is 4.58. The van der Waals surface area contributed by atoms with E-state index in [-0.39, 0.29) is 37.4 Å². The third kappa shape index (κ3) is 5.13. The third-order valence-electron chi connectivity index (χ3n) is 5.77. The number of hydrogen-bond donors (Lipinski definition) is 2. The fraction of sp³-hybridized carbons (Fsp3) is 0.524. The van der Waals surface area contributed by atoms with Crippen LogP contribution in [0.2, 0.25) is 10.0 Å². The van der Waals surface area contributed by atoms with Crippen LogP contribution in [0.1, 0.15) is 45.4 Å². The molecule has 2 aliphatic rings. The smallest absolute Gasteiger partial charge is 0.325 e. The SMILES string of the molecule is CCN(CC(=O)Nc1c(Cl)cccc1Cl)C(=O)CCCN1C(=O)NC2(CCCC2)C1=O. The molecule has 5 amide bonds. The molecule has 168 valence electrons. The van der Waals surface area contributed by atoms with Crippen LogP contribution in [0, 0.1) is 0 Å². The number of rotatable bonds is 8. The van der Waals surface area contributed by atoms with E-state index in [0.717, 1.165) is 12.8 Å². The van der Waals surface area contributed by atoms with Gasteiger partial charge in [0.1, 0.15) is 5.54 Å². The van der Waals surface area contributed by atoms with Crippen molar-refractivity contribution in [3.8, 4) is 0 Å². The van der Waals surface area contributed by atoms with E-state index < -0.39 is 11.4 Å². The van der Waals surface area contributed by atoms with Crippen LogP contribution >= 0.6 is 23.2 Å². The highest BCUT2D eigenvalue weighted by Gasteiger charge is 2.52. The van der Waals surface area contributed by atoms with Crippen molar-refractivity contribution in [1.82, 2.24) is 15.1 Å². The number of nitrogens with zero attached hydrogens (tertiary/aromatic N) is 2. The Balaban J connectivity index is 1.49. The summed E-state index contributed by atoms with van der Waals surface area (Å²) >= 11 is 12.1. The molecule has 1 spiro atoms. The Morgan fingerprint density at radius 1 is 1.19 bits per heavy atom. The number of urea groups is 1. The van der Waals surface area contributed by atoms with E-state index in [1.54, 1.807) is 25.1 Å². The molecule has 2 N–H and O–H groups in total. The first-order chi connectivity index (χ1) is 14.8. The summed E-state index contributed by atoms with van der Waals surface area (Å²) < 4.78 is 0. The van der Waals surface area contributed by atoms with Crippen LogP contribution in [-0.4, -0.2) is 58.7 Å². The number of benzene rings is 1. The topological polar surface area (TPSA) is 98.8 Å². The van der Waals surface area contributed by atoms with Crippen LogP contribution in [0.5, 0.6) is 0 Å². The predicted molar refractivity (Wildman–Crippen MR) is 118 cm³/mol. The lowest BCUT2D eigenvalue weighted by molar-refractivity contribution is -0.135. The molecule has 1 saturated heterocycles. The monoisotopic (exact) mass is 468 g/mol. The highest BCUT2D eigenvalue weighted by Crippen LogP contribution is 2.35. The highest BCUT2D eigenvalue weighted by molar-refractivity contribution is 6.39. The number of nitrogens with one attached hydrogen (secondary N) is 2. The largest absolute Gasteiger partial charge is 0.334 e. The minimum Gasteiger partial charge on any atom is -0.334 e. The van der Waals surface area contributed by atoms with Gasteiger partial charge >= 0.3 is 6.03 Å². The Labute approximate surface area is 191 Å². The van der Waals surface area contributed by atoms with E-state index >= 15 is 0 Å². The van der Waals surface area contributed by atoms with Crippen LogP contribution in [0.3, 0.4) is 0 Å². The van der Waals surface area contributed by atoms with Gasteiger partial charge in [0.2, 0.25) is 11.8 Å². The molecular formula is C21H26Cl2N4O4. The van der Waals surface area contributed by atoms with Crippen molar-refractivity contribution in [2.45, 2.75) is 51.0 Å². The molecule has 0 unspecified atom stereocenters. The van der Waals surface area contributed by atoms with Gasteiger partial charge in [0.05, 0.1) is 22.3 Å². The second-order valence-electron chi connectivity index (χ2n) is 7.83. The second kappa shape index (κ2) is 9.87. The number of anilines is 1. The lowest BCUT2D eigenvalue weighted by Gasteiger charge is -2.22. The van der Waals surface area contributed by atoms with Crippen molar-refractivity contribution in [2.24, 2.45) is 0 Å². The van der Waals surface area contributed by atoms with E-state index in [0.29, 0.717) is 41.5 Å². The summed E-state index contributed by atoms with van der Waals surface area (Å²) in [6.07, 6.45) is 3.64. The van der Waals surface area contributed by atoms with Crippen molar-refractivity contribution >= 4 is 52.6 Å². The maximum absolute atomic E-state index is 12.7. The van der Waals surface area contributed by atoms with Gasteiger partial charge in [-0.05, 0) is 38.3 Å². The van der Waals surface area contributed by atoms with Gasteiger partial charge in [-0.3, -0.25) is 19.3 Å². The molecule has 0 aromatic heterocycles. The van der Waals surface area contributed by atoms with Crippen LogP contribution in [0.25, 0.3) is 0 Å². The van der Waals surface area contributed by atoms with Crippen molar-refractivity contribution in [3.63, 3.8) is 0 Å². The molecule has 0 atom stereocenters. The number of amides is 5. The zero-order valence-electron chi connectivity index (χ0n) is 17.4. The molecule has 2 fully saturated rings. The molecule has 1 aromatic rings. The molecule has 1 aliphatic carbocycles. The number of para-hydroxylation sites is 1.